The predicted octanol–water partition coefficient (Wildman–Crippen LogP) is 2.57. The fourth-order valence-electron chi connectivity index (χ4n) is 2.49. The fourth-order valence-corrected chi connectivity index (χ4v) is 2.49. The van der Waals surface area contributed by atoms with Crippen LogP contribution in [0.25, 0.3) is 0 Å². The number of phenols is 1. The predicted molar refractivity (Wildman–Crippen MR) is 55.8 cm³/mol. The van der Waals surface area contributed by atoms with E-state index in [2.05, 4.69) is 0 Å². The molecule has 2 rings (SSSR count). The van der Waals surface area contributed by atoms with E-state index in [0.29, 0.717) is 25.7 Å². The molecule has 1 aromatic carbocycles. The quantitative estimate of drug-likeness (QED) is 0.837. The third-order valence-electron chi connectivity index (χ3n) is 3.44. The molecule has 0 heterocycles. The van der Waals surface area contributed by atoms with Crippen LogP contribution in [0.4, 0.5) is 8.78 Å². The average Bonchev–Trinajstić information content (AvgIpc) is 2.76. The largest absolute Gasteiger partial charge is 0.505 e. The van der Waals surface area contributed by atoms with Crippen LogP contribution in [0.1, 0.15) is 31.2 Å². The monoisotopic (exact) mass is 242 g/mol. The molecule has 2 N–H and O–H groups in total. The second kappa shape index (κ2) is 3.98. The average molecular weight is 242 g/mol. The lowest BCUT2D eigenvalue weighted by Crippen LogP contribution is -2.33. The van der Waals surface area contributed by atoms with Crippen molar-refractivity contribution < 1.29 is 23.8 Å². The molecule has 0 unspecified atom stereocenters. The summed E-state index contributed by atoms with van der Waals surface area (Å²) in [5.41, 5.74) is -1.52. The fraction of sp³-hybridized carbons (Fsp3) is 0.417. The summed E-state index contributed by atoms with van der Waals surface area (Å²) in [4.78, 5) is 11.3. The topological polar surface area (TPSA) is 57.5 Å². The molecule has 0 bridgehead atoms. The molecular formula is C12H12F2O3. The highest BCUT2D eigenvalue weighted by atomic mass is 19.2. The minimum Gasteiger partial charge on any atom is -0.505 e. The first-order valence-electron chi connectivity index (χ1n) is 5.40. The van der Waals surface area contributed by atoms with Gasteiger partial charge in [0.1, 0.15) is 0 Å². The minimum absolute atomic E-state index is 0.169. The lowest BCUT2D eigenvalue weighted by atomic mass is 9.78. The van der Waals surface area contributed by atoms with E-state index in [1.807, 2.05) is 0 Å². The summed E-state index contributed by atoms with van der Waals surface area (Å²) in [5.74, 6) is -4.58. The van der Waals surface area contributed by atoms with Crippen LogP contribution in [-0.4, -0.2) is 16.2 Å². The van der Waals surface area contributed by atoms with Gasteiger partial charge in [-0.15, -0.1) is 0 Å². The van der Waals surface area contributed by atoms with Gasteiger partial charge in [0.2, 0.25) is 5.82 Å². The molecule has 92 valence electrons. The smallest absolute Gasteiger partial charge is 0.314 e. The second-order valence-electron chi connectivity index (χ2n) is 4.35. The number of carbonyl (C=O) groups is 1. The van der Waals surface area contributed by atoms with E-state index in [0.717, 1.165) is 12.1 Å². The van der Waals surface area contributed by atoms with E-state index in [-0.39, 0.29) is 5.56 Å². The Labute approximate surface area is 96.7 Å². The lowest BCUT2D eigenvalue weighted by Gasteiger charge is -2.25. The third-order valence-corrected chi connectivity index (χ3v) is 3.44. The molecule has 1 saturated carbocycles. The molecule has 0 aromatic heterocycles. The van der Waals surface area contributed by atoms with Gasteiger partial charge in [0.05, 0.1) is 5.41 Å². The van der Waals surface area contributed by atoms with Gasteiger partial charge in [-0.3, -0.25) is 4.79 Å². The van der Waals surface area contributed by atoms with Crippen LogP contribution in [-0.2, 0) is 10.2 Å². The first-order valence-corrected chi connectivity index (χ1v) is 5.40. The molecule has 1 aliphatic rings. The van der Waals surface area contributed by atoms with Gasteiger partial charge in [-0.1, -0.05) is 18.9 Å². The second-order valence-corrected chi connectivity index (χ2v) is 4.35. The van der Waals surface area contributed by atoms with E-state index in [9.17, 15) is 18.7 Å². The molecule has 0 aliphatic heterocycles. The van der Waals surface area contributed by atoms with Crippen molar-refractivity contribution in [2.75, 3.05) is 0 Å². The summed E-state index contributed by atoms with van der Waals surface area (Å²) >= 11 is 0. The molecule has 5 heteroatoms. The van der Waals surface area contributed by atoms with E-state index in [1.54, 1.807) is 0 Å². The van der Waals surface area contributed by atoms with Crippen LogP contribution in [0.3, 0.4) is 0 Å². The van der Waals surface area contributed by atoms with Crippen molar-refractivity contribution in [2.45, 2.75) is 31.1 Å². The molecule has 3 nitrogen and oxygen atoms in total. The molecule has 0 spiro atoms. The maximum atomic E-state index is 13.7. The normalized spacial score (nSPS) is 18.2. The summed E-state index contributed by atoms with van der Waals surface area (Å²) in [5, 5.41) is 18.3. The number of carboxylic acid groups (broad SMARTS) is 1. The van der Waals surface area contributed by atoms with Gasteiger partial charge < -0.3 is 10.2 Å². The molecule has 1 aliphatic carbocycles. The first kappa shape index (κ1) is 11.8. The highest BCUT2D eigenvalue weighted by molar-refractivity contribution is 5.82. The molecule has 0 saturated heterocycles. The number of carboxylic acids is 1. The van der Waals surface area contributed by atoms with Crippen LogP contribution < -0.4 is 0 Å². The number of hydrogen-bond donors (Lipinski definition) is 2. The zero-order chi connectivity index (χ0) is 12.6. The van der Waals surface area contributed by atoms with Crippen LogP contribution in [0.5, 0.6) is 5.75 Å². The van der Waals surface area contributed by atoms with Crippen molar-refractivity contribution in [3.63, 3.8) is 0 Å². The van der Waals surface area contributed by atoms with Crippen LogP contribution in [0.2, 0.25) is 0 Å². The van der Waals surface area contributed by atoms with Crippen molar-refractivity contribution in [2.24, 2.45) is 0 Å². The Morgan fingerprint density at radius 1 is 1.18 bits per heavy atom. The van der Waals surface area contributed by atoms with Gasteiger partial charge in [0, 0.05) is 5.56 Å². The number of aromatic hydroxyl groups is 1. The van der Waals surface area contributed by atoms with Crippen LogP contribution in [0.15, 0.2) is 12.1 Å². The summed E-state index contributed by atoms with van der Waals surface area (Å²) in [6.07, 6.45) is 1.94. The number of halogens is 2. The maximum Gasteiger partial charge on any atom is 0.314 e. The highest BCUT2D eigenvalue weighted by Crippen LogP contribution is 2.43. The summed E-state index contributed by atoms with van der Waals surface area (Å²) < 4.78 is 27.0. The van der Waals surface area contributed by atoms with Gasteiger partial charge in [-0.25, -0.2) is 4.39 Å². The molecule has 0 atom stereocenters. The van der Waals surface area contributed by atoms with E-state index < -0.39 is 28.8 Å². The molecule has 1 fully saturated rings. The standard InChI is InChI=1S/C12H12F2O3/c13-9-7(3-4-8(15)10(9)14)12(11(16)17)5-1-2-6-12/h3-4,15H,1-2,5-6H2,(H,16,17). The van der Waals surface area contributed by atoms with Crippen molar-refractivity contribution in [1.82, 2.24) is 0 Å². The Hall–Kier alpha value is -1.65. The van der Waals surface area contributed by atoms with Crippen molar-refractivity contribution in [1.29, 1.82) is 0 Å². The zero-order valence-electron chi connectivity index (χ0n) is 9.04. The highest BCUT2D eigenvalue weighted by Gasteiger charge is 2.45. The van der Waals surface area contributed by atoms with Crippen molar-refractivity contribution >= 4 is 5.97 Å². The van der Waals surface area contributed by atoms with E-state index >= 15 is 0 Å². The Kier molecular flexibility index (Phi) is 2.77. The molecule has 1 aromatic rings. The Balaban J connectivity index is 2.59. The van der Waals surface area contributed by atoms with Crippen LogP contribution >= 0.6 is 0 Å². The molecule has 17 heavy (non-hydrogen) atoms. The van der Waals surface area contributed by atoms with Crippen molar-refractivity contribution in [3.05, 3.63) is 29.3 Å². The van der Waals surface area contributed by atoms with Gasteiger partial charge >= 0.3 is 5.97 Å². The molecular weight excluding hydrogens is 230 g/mol. The van der Waals surface area contributed by atoms with Gasteiger partial charge in [-0.05, 0) is 18.9 Å². The SMILES string of the molecule is O=C(O)C1(c2ccc(O)c(F)c2F)CCCC1. The van der Waals surface area contributed by atoms with E-state index in [4.69, 9.17) is 5.11 Å². The molecule has 0 amide bonds. The summed E-state index contributed by atoms with van der Waals surface area (Å²) in [6.45, 7) is 0. The molecule has 0 radical (unpaired) electrons. The van der Waals surface area contributed by atoms with Crippen molar-refractivity contribution in [3.8, 4) is 5.75 Å². The third kappa shape index (κ3) is 1.66. The summed E-state index contributed by atoms with van der Waals surface area (Å²) in [7, 11) is 0. The lowest BCUT2D eigenvalue weighted by molar-refractivity contribution is -0.143. The maximum absolute atomic E-state index is 13.7. The number of phenolic OH excluding ortho intramolecular Hbond substituents is 1. The van der Waals surface area contributed by atoms with E-state index in [1.165, 1.54) is 0 Å². The van der Waals surface area contributed by atoms with Gasteiger partial charge in [-0.2, -0.15) is 4.39 Å². The van der Waals surface area contributed by atoms with Gasteiger partial charge in [0.25, 0.3) is 0 Å². The number of hydrogen-bond acceptors (Lipinski definition) is 2. The minimum atomic E-state index is -1.38. The summed E-state index contributed by atoms with van der Waals surface area (Å²) in [6, 6.07) is 2.16. The first-order chi connectivity index (χ1) is 7.99. The Morgan fingerprint density at radius 3 is 2.29 bits per heavy atom. The Bertz CT molecular complexity index is 465. The number of aliphatic carboxylic acids is 1. The van der Waals surface area contributed by atoms with Gasteiger partial charge in [0.15, 0.2) is 11.6 Å². The number of benzene rings is 1. The zero-order valence-corrected chi connectivity index (χ0v) is 9.04. The van der Waals surface area contributed by atoms with Crippen LogP contribution in [0, 0.1) is 11.6 Å². The number of rotatable bonds is 2. The Morgan fingerprint density at radius 2 is 1.76 bits per heavy atom.